The maximum Gasteiger partial charge on any atom is 0.326 e. The Morgan fingerprint density at radius 3 is 2.73 bits per heavy atom. The second-order valence-corrected chi connectivity index (χ2v) is 5.41. The first kappa shape index (κ1) is 15.7. The second-order valence-electron chi connectivity index (χ2n) is 4.42. The lowest BCUT2D eigenvalue weighted by molar-refractivity contribution is -0.384. The van der Waals surface area contributed by atoms with Crippen LogP contribution in [0, 0.1) is 10.1 Å². The van der Waals surface area contributed by atoms with Crippen LogP contribution in [0.3, 0.4) is 0 Å². The molecule has 0 aromatic heterocycles. The number of non-ortho nitro benzene ring substituents is 1. The molecule has 9 heteroatoms. The number of amides is 2. The van der Waals surface area contributed by atoms with Crippen LogP contribution >= 0.6 is 11.8 Å². The fourth-order valence-corrected chi connectivity index (χ4v) is 2.71. The molecule has 0 bridgehead atoms. The van der Waals surface area contributed by atoms with Crippen LogP contribution in [0.5, 0.6) is 0 Å². The molecule has 0 radical (unpaired) electrons. The van der Waals surface area contributed by atoms with Gasteiger partial charge in [0, 0.05) is 12.1 Å². The number of imide groups is 1. The van der Waals surface area contributed by atoms with Gasteiger partial charge >= 0.3 is 5.97 Å². The fourth-order valence-electron chi connectivity index (χ4n) is 1.80. The molecule has 1 aromatic rings. The Morgan fingerprint density at radius 1 is 1.45 bits per heavy atom. The smallest absolute Gasteiger partial charge is 0.326 e. The highest BCUT2D eigenvalue weighted by atomic mass is 32.2. The minimum Gasteiger partial charge on any atom is -0.480 e. The first-order valence-corrected chi connectivity index (χ1v) is 6.87. The van der Waals surface area contributed by atoms with Gasteiger partial charge in [-0.1, -0.05) is 12.1 Å². The zero-order valence-corrected chi connectivity index (χ0v) is 12.1. The molecule has 0 aliphatic carbocycles. The van der Waals surface area contributed by atoms with Gasteiger partial charge in [-0.25, -0.2) is 4.79 Å². The van der Waals surface area contributed by atoms with Gasteiger partial charge < -0.3 is 5.11 Å². The number of hydrogen-bond donors (Lipinski definition) is 1. The van der Waals surface area contributed by atoms with Crippen molar-refractivity contribution in [2.75, 3.05) is 0 Å². The van der Waals surface area contributed by atoms with Crippen LogP contribution in [0.4, 0.5) is 10.5 Å². The number of carboxylic acid groups (broad SMARTS) is 1. The summed E-state index contributed by atoms with van der Waals surface area (Å²) in [4.78, 5) is 45.6. The van der Waals surface area contributed by atoms with E-state index in [0.717, 1.165) is 0 Å². The number of carboxylic acids is 1. The first-order valence-electron chi connectivity index (χ1n) is 6.05. The van der Waals surface area contributed by atoms with Gasteiger partial charge in [-0.3, -0.25) is 24.6 Å². The van der Waals surface area contributed by atoms with Crippen molar-refractivity contribution in [1.82, 2.24) is 4.90 Å². The Kier molecular flexibility index (Phi) is 4.27. The number of nitrogens with zero attached hydrogens (tertiary/aromatic N) is 2. The van der Waals surface area contributed by atoms with E-state index in [-0.39, 0.29) is 10.6 Å². The predicted molar refractivity (Wildman–Crippen MR) is 78.0 cm³/mol. The van der Waals surface area contributed by atoms with E-state index in [1.165, 1.54) is 31.2 Å². The van der Waals surface area contributed by atoms with E-state index in [4.69, 9.17) is 5.11 Å². The normalized spacial score (nSPS) is 17.9. The molecule has 1 heterocycles. The number of rotatable bonds is 4. The Bertz CT molecular complexity index is 714. The number of aliphatic carboxylic acids is 1. The molecule has 1 atom stereocenters. The van der Waals surface area contributed by atoms with E-state index in [0.29, 0.717) is 22.2 Å². The van der Waals surface area contributed by atoms with Crippen LogP contribution in [0.1, 0.15) is 12.5 Å². The molecule has 0 saturated carbocycles. The summed E-state index contributed by atoms with van der Waals surface area (Å²) < 4.78 is 0. The van der Waals surface area contributed by atoms with Gasteiger partial charge in [0.2, 0.25) is 0 Å². The minimum atomic E-state index is -1.29. The standard InChI is InChI=1S/C13H10N2O6S/c1-7(12(17)18)14-11(16)10(22-13(14)19)6-8-3-2-4-9(5-8)15(20)21/h2-7H,1H3,(H,17,18). The highest BCUT2D eigenvalue weighted by Crippen LogP contribution is 2.33. The summed E-state index contributed by atoms with van der Waals surface area (Å²) in [7, 11) is 0. The lowest BCUT2D eigenvalue weighted by Gasteiger charge is -2.16. The van der Waals surface area contributed by atoms with Gasteiger partial charge in [-0.2, -0.15) is 0 Å². The number of carbonyl (C=O) groups excluding carboxylic acids is 2. The summed E-state index contributed by atoms with van der Waals surface area (Å²) in [6.07, 6.45) is 1.33. The van der Waals surface area contributed by atoms with Gasteiger partial charge in [0.1, 0.15) is 6.04 Å². The van der Waals surface area contributed by atoms with Crippen LogP contribution in [0.25, 0.3) is 6.08 Å². The number of hydrogen-bond acceptors (Lipinski definition) is 6. The molecule has 22 heavy (non-hydrogen) atoms. The van der Waals surface area contributed by atoms with Crippen molar-refractivity contribution in [3.05, 3.63) is 44.8 Å². The lowest BCUT2D eigenvalue weighted by Crippen LogP contribution is -2.41. The highest BCUT2D eigenvalue weighted by molar-refractivity contribution is 8.18. The number of thioether (sulfide) groups is 1. The fraction of sp³-hybridized carbons (Fsp3) is 0.154. The molecule has 1 aliphatic rings. The van der Waals surface area contributed by atoms with Gasteiger partial charge in [-0.15, -0.1) is 0 Å². The molecule has 114 valence electrons. The molecule has 2 amide bonds. The van der Waals surface area contributed by atoms with E-state index < -0.39 is 28.1 Å². The van der Waals surface area contributed by atoms with Gasteiger partial charge in [-0.05, 0) is 30.3 Å². The molecule has 1 saturated heterocycles. The van der Waals surface area contributed by atoms with Crippen molar-refractivity contribution in [2.24, 2.45) is 0 Å². The zero-order valence-electron chi connectivity index (χ0n) is 11.3. The molecule has 1 fully saturated rings. The van der Waals surface area contributed by atoms with Crippen molar-refractivity contribution < 1.29 is 24.4 Å². The van der Waals surface area contributed by atoms with Gasteiger partial charge in [0.25, 0.3) is 16.8 Å². The Morgan fingerprint density at radius 2 is 2.14 bits per heavy atom. The molecule has 1 aromatic carbocycles. The van der Waals surface area contributed by atoms with E-state index in [1.807, 2.05) is 0 Å². The van der Waals surface area contributed by atoms with Crippen LogP contribution in [-0.4, -0.2) is 38.1 Å². The first-order chi connectivity index (χ1) is 10.3. The third-order valence-electron chi connectivity index (χ3n) is 2.95. The van der Waals surface area contributed by atoms with Crippen LogP contribution in [-0.2, 0) is 9.59 Å². The third kappa shape index (κ3) is 2.98. The van der Waals surface area contributed by atoms with Gasteiger partial charge in [0.05, 0.1) is 9.83 Å². The largest absolute Gasteiger partial charge is 0.480 e. The van der Waals surface area contributed by atoms with Crippen molar-refractivity contribution in [3.63, 3.8) is 0 Å². The summed E-state index contributed by atoms with van der Waals surface area (Å²) in [5.74, 6) is -2.02. The summed E-state index contributed by atoms with van der Waals surface area (Å²) in [6, 6.07) is 4.28. The molecule has 1 aliphatic heterocycles. The monoisotopic (exact) mass is 322 g/mol. The number of carbonyl (C=O) groups is 3. The van der Waals surface area contributed by atoms with E-state index >= 15 is 0 Å². The highest BCUT2D eigenvalue weighted by Gasteiger charge is 2.40. The molecule has 8 nitrogen and oxygen atoms in total. The average molecular weight is 322 g/mol. The average Bonchev–Trinajstić information content (AvgIpc) is 2.73. The zero-order chi connectivity index (χ0) is 16.4. The number of nitro benzene ring substituents is 1. The van der Waals surface area contributed by atoms with Crippen LogP contribution in [0.15, 0.2) is 29.2 Å². The number of benzene rings is 1. The summed E-state index contributed by atoms with van der Waals surface area (Å²) in [6.45, 7) is 1.23. The predicted octanol–water partition coefficient (Wildman–Crippen LogP) is 2.10. The Balaban J connectivity index is 2.32. The third-order valence-corrected chi connectivity index (χ3v) is 3.83. The van der Waals surface area contributed by atoms with Crippen molar-refractivity contribution in [3.8, 4) is 0 Å². The molecular weight excluding hydrogens is 312 g/mol. The second kappa shape index (κ2) is 5.98. The topological polar surface area (TPSA) is 118 Å². The lowest BCUT2D eigenvalue weighted by atomic mass is 10.2. The molecule has 2 rings (SSSR count). The molecule has 1 N–H and O–H groups in total. The Labute approximate surface area is 128 Å². The van der Waals surface area contributed by atoms with Crippen molar-refractivity contribution >= 4 is 40.6 Å². The molecule has 1 unspecified atom stereocenters. The maximum atomic E-state index is 12.1. The van der Waals surface area contributed by atoms with E-state index in [9.17, 15) is 24.5 Å². The summed E-state index contributed by atoms with van der Waals surface area (Å²) in [5, 5.41) is 18.9. The maximum absolute atomic E-state index is 12.1. The summed E-state index contributed by atoms with van der Waals surface area (Å²) in [5.41, 5.74) is 0.231. The minimum absolute atomic E-state index is 0.0265. The Hall–Kier alpha value is -2.68. The van der Waals surface area contributed by atoms with Crippen molar-refractivity contribution in [2.45, 2.75) is 13.0 Å². The quantitative estimate of drug-likeness (QED) is 0.512. The van der Waals surface area contributed by atoms with Crippen LogP contribution in [0.2, 0.25) is 0 Å². The van der Waals surface area contributed by atoms with Crippen LogP contribution < -0.4 is 0 Å². The van der Waals surface area contributed by atoms with E-state index in [1.54, 1.807) is 6.07 Å². The summed E-state index contributed by atoms with van der Waals surface area (Å²) >= 11 is 0.602. The van der Waals surface area contributed by atoms with Crippen molar-refractivity contribution in [1.29, 1.82) is 0 Å². The van der Waals surface area contributed by atoms with Gasteiger partial charge in [0.15, 0.2) is 0 Å². The molecule has 0 spiro atoms. The SMILES string of the molecule is CC(C(=O)O)N1C(=O)SC(=Cc2cccc([N+](=O)[O-])c2)C1=O. The van der Waals surface area contributed by atoms with E-state index in [2.05, 4.69) is 0 Å². The molecular formula is C13H10N2O6S. The number of nitro groups is 1.